The van der Waals surface area contributed by atoms with E-state index in [0.29, 0.717) is 5.56 Å². The molecule has 8 heteroatoms. The van der Waals surface area contributed by atoms with Gasteiger partial charge >= 0.3 is 5.97 Å². The van der Waals surface area contributed by atoms with E-state index in [2.05, 4.69) is 10.3 Å². The molecule has 0 aliphatic heterocycles. The van der Waals surface area contributed by atoms with Crippen LogP contribution < -0.4 is 10.9 Å². The average Bonchev–Trinajstić information content (AvgIpc) is 2.64. The highest BCUT2D eigenvalue weighted by atomic mass is 16.4. The first-order valence-corrected chi connectivity index (χ1v) is 8.09. The number of benzene rings is 1. The second kappa shape index (κ2) is 6.91. The van der Waals surface area contributed by atoms with Gasteiger partial charge in [-0.1, -0.05) is 24.3 Å². The largest absolute Gasteiger partial charge is 0.506 e. The number of aryl methyl sites for hydroxylation is 2. The molecule has 0 atom stereocenters. The van der Waals surface area contributed by atoms with Crippen molar-refractivity contribution in [3.05, 3.63) is 58.0 Å². The molecule has 138 valence electrons. The van der Waals surface area contributed by atoms with Crippen molar-refractivity contribution >= 4 is 22.9 Å². The molecule has 8 nitrogen and oxygen atoms in total. The van der Waals surface area contributed by atoms with Crippen molar-refractivity contribution in [2.45, 2.75) is 6.92 Å². The maximum absolute atomic E-state index is 12.5. The lowest BCUT2D eigenvalue weighted by molar-refractivity contribution is -0.135. The Bertz CT molecular complexity index is 1130. The first-order valence-electron chi connectivity index (χ1n) is 8.09. The van der Waals surface area contributed by atoms with Crippen LogP contribution in [-0.4, -0.2) is 38.2 Å². The van der Waals surface area contributed by atoms with Crippen LogP contribution >= 0.6 is 0 Å². The highest BCUT2D eigenvalue weighted by molar-refractivity contribution is 6.03. The molecule has 1 amide bonds. The van der Waals surface area contributed by atoms with Gasteiger partial charge < -0.3 is 15.5 Å². The Balaban J connectivity index is 2.22. The number of fused-ring (bicyclic) bond motifs is 1. The summed E-state index contributed by atoms with van der Waals surface area (Å²) in [5, 5.41) is 21.6. The van der Waals surface area contributed by atoms with Crippen LogP contribution in [0.5, 0.6) is 5.75 Å². The molecule has 27 heavy (non-hydrogen) atoms. The number of aliphatic carboxylic acids is 1. The van der Waals surface area contributed by atoms with E-state index in [1.54, 1.807) is 12.3 Å². The molecule has 0 spiro atoms. The van der Waals surface area contributed by atoms with Crippen molar-refractivity contribution in [2.24, 2.45) is 7.05 Å². The number of aromatic hydroxyl groups is 1. The van der Waals surface area contributed by atoms with Crippen LogP contribution in [0.4, 0.5) is 0 Å². The monoisotopic (exact) mass is 367 g/mol. The number of nitrogens with one attached hydrogen (secondary N) is 1. The van der Waals surface area contributed by atoms with Crippen molar-refractivity contribution in [3.63, 3.8) is 0 Å². The predicted octanol–water partition coefficient (Wildman–Crippen LogP) is 1.43. The third-order valence-corrected chi connectivity index (χ3v) is 4.28. The summed E-state index contributed by atoms with van der Waals surface area (Å²) in [6.07, 6.45) is 1.59. The first kappa shape index (κ1) is 18.1. The van der Waals surface area contributed by atoms with Gasteiger partial charge in [-0.3, -0.25) is 19.0 Å². The van der Waals surface area contributed by atoms with Gasteiger partial charge in [-0.05, 0) is 24.1 Å². The van der Waals surface area contributed by atoms with E-state index in [4.69, 9.17) is 5.11 Å². The molecule has 3 N–H and O–H groups in total. The second-order valence-corrected chi connectivity index (χ2v) is 6.07. The molecule has 2 aromatic heterocycles. The number of rotatable bonds is 4. The van der Waals surface area contributed by atoms with Gasteiger partial charge in [0, 0.05) is 18.8 Å². The highest BCUT2D eigenvalue weighted by Crippen LogP contribution is 2.30. The summed E-state index contributed by atoms with van der Waals surface area (Å²) in [6.45, 7) is 1.27. The molecule has 0 saturated carbocycles. The normalized spacial score (nSPS) is 10.7. The summed E-state index contributed by atoms with van der Waals surface area (Å²) in [6, 6.07) is 9.26. The summed E-state index contributed by atoms with van der Waals surface area (Å²) in [5.41, 5.74) is 1.55. The predicted molar refractivity (Wildman–Crippen MR) is 98.8 cm³/mol. The lowest BCUT2D eigenvalue weighted by atomic mass is 10.0. The Morgan fingerprint density at radius 2 is 1.96 bits per heavy atom. The fraction of sp³-hybridized carbons (Fsp3) is 0.158. The van der Waals surface area contributed by atoms with E-state index >= 15 is 0 Å². The Hall–Kier alpha value is -3.68. The van der Waals surface area contributed by atoms with Crippen molar-refractivity contribution in [2.75, 3.05) is 6.54 Å². The zero-order valence-electron chi connectivity index (χ0n) is 14.7. The minimum absolute atomic E-state index is 0.213. The van der Waals surface area contributed by atoms with E-state index in [1.165, 1.54) is 7.05 Å². The lowest BCUT2D eigenvalue weighted by Crippen LogP contribution is -2.35. The average molecular weight is 367 g/mol. The molecule has 0 aliphatic rings. The number of hydrogen-bond donors (Lipinski definition) is 3. The number of carboxylic acid groups (broad SMARTS) is 1. The molecule has 3 rings (SSSR count). The second-order valence-electron chi connectivity index (χ2n) is 6.07. The van der Waals surface area contributed by atoms with Crippen LogP contribution in [0, 0.1) is 6.92 Å². The standard InChI is InChI=1S/C19H17N3O5/c1-10-5-3-4-6-12(10)11-7-13-16(25)15(18(26)21-9-14(23)24)19(27)22(2)17(13)20-8-11/h3-8,25H,9H2,1-2H3,(H,21,26)(H,23,24). The van der Waals surface area contributed by atoms with E-state index in [0.717, 1.165) is 15.7 Å². The number of carbonyl (C=O) groups excluding carboxylic acids is 1. The number of carbonyl (C=O) groups is 2. The summed E-state index contributed by atoms with van der Waals surface area (Å²) >= 11 is 0. The third kappa shape index (κ3) is 3.24. The molecule has 0 saturated heterocycles. The van der Waals surface area contributed by atoms with Crippen molar-refractivity contribution in [1.29, 1.82) is 0 Å². The van der Waals surface area contributed by atoms with Crippen LogP contribution in [0.15, 0.2) is 41.3 Å². The Morgan fingerprint density at radius 3 is 2.63 bits per heavy atom. The zero-order chi connectivity index (χ0) is 19.7. The number of pyridine rings is 2. The van der Waals surface area contributed by atoms with Crippen molar-refractivity contribution in [3.8, 4) is 16.9 Å². The van der Waals surface area contributed by atoms with Crippen LogP contribution in [-0.2, 0) is 11.8 Å². The highest BCUT2D eigenvalue weighted by Gasteiger charge is 2.22. The van der Waals surface area contributed by atoms with Gasteiger partial charge in [-0.15, -0.1) is 0 Å². The van der Waals surface area contributed by atoms with E-state index in [1.807, 2.05) is 31.2 Å². The molecule has 3 aromatic rings. The van der Waals surface area contributed by atoms with E-state index < -0.39 is 35.3 Å². The maximum atomic E-state index is 12.5. The van der Waals surface area contributed by atoms with Gasteiger partial charge in [0.25, 0.3) is 11.5 Å². The number of nitrogens with zero attached hydrogens (tertiary/aromatic N) is 2. The van der Waals surface area contributed by atoms with Crippen LogP contribution in [0.1, 0.15) is 15.9 Å². The Morgan fingerprint density at radius 1 is 1.26 bits per heavy atom. The fourth-order valence-corrected chi connectivity index (χ4v) is 2.89. The Labute approximate surface area is 153 Å². The summed E-state index contributed by atoms with van der Waals surface area (Å²) < 4.78 is 1.15. The molecule has 0 unspecified atom stereocenters. The quantitative estimate of drug-likeness (QED) is 0.641. The molecule has 0 aliphatic carbocycles. The van der Waals surface area contributed by atoms with Gasteiger partial charge in [-0.25, -0.2) is 4.98 Å². The van der Waals surface area contributed by atoms with Crippen LogP contribution in [0.2, 0.25) is 0 Å². The van der Waals surface area contributed by atoms with Gasteiger partial charge in [0.2, 0.25) is 0 Å². The Kier molecular flexibility index (Phi) is 4.64. The SMILES string of the molecule is Cc1ccccc1-c1cnc2c(c1)c(O)c(C(=O)NCC(=O)O)c(=O)n2C. The summed E-state index contributed by atoms with van der Waals surface area (Å²) in [4.78, 5) is 39.6. The number of hydrogen-bond acceptors (Lipinski definition) is 5. The molecular formula is C19H17N3O5. The van der Waals surface area contributed by atoms with Gasteiger partial charge in [-0.2, -0.15) is 0 Å². The third-order valence-electron chi connectivity index (χ3n) is 4.28. The molecular weight excluding hydrogens is 350 g/mol. The van der Waals surface area contributed by atoms with Crippen LogP contribution in [0.3, 0.4) is 0 Å². The summed E-state index contributed by atoms with van der Waals surface area (Å²) in [7, 11) is 1.43. The van der Waals surface area contributed by atoms with Gasteiger partial charge in [0.15, 0.2) is 0 Å². The molecule has 1 aromatic carbocycles. The van der Waals surface area contributed by atoms with Gasteiger partial charge in [0.05, 0.1) is 5.39 Å². The zero-order valence-corrected chi connectivity index (χ0v) is 14.7. The molecule has 0 fully saturated rings. The van der Waals surface area contributed by atoms with E-state index in [-0.39, 0.29) is 11.0 Å². The molecule has 2 heterocycles. The fourth-order valence-electron chi connectivity index (χ4n) is 2.89. The van der Waals surface area contributed by atoms with Crippen molar-refractivity contribution < 1.29 is 19.8 Å². The number of aromatic nitrogens is 2. The number of carboxylic acids is 1. The van der Waals surface area contributed by atoms with E-state index in [9.17, 15) is 19.5 Å². The topological polar surface area (TPSA) is 122 Å². The lowest BCUT2D eigenvalue weighted by Gasteiger charge is -2.13. The number of amides is 1. The maximum Gasteiger partial charge on any atom is 0.322 e. The van der Waals surface area contributed by atoms with Crippen molar-refractivity contribution in [1.82, 2.24) is 14.9 Å². The molecule has 0 bridgehead atoms. The molecule has 0 radical (unpaired) electrons. The summed E-state index contributed by atoms with van der Waals surface area (Å²) in [5.74, 6) is -2.75. The van der Waals surface area contributed by atoms with Crippen LogP contribution in [0.25, 0.3) is 22.2 Å². The minimum atomic E-state index is -1.26. The smallest absolute Gasteiger partial charge is 0.322 e. The van der Waals surface area contributed by atoms with Gasteiger partial charge in [0.1, 0.15) is 23.5 Å². The minimum Gasteiger partial charge on any atom is -0.506 e. The first-order chi connectivity index (χ1) is 12.8.